The molecule has 3 aromatic rings. The van der Waals surface area contributed by atoms with Gasteiger partial charge in [0.15, 0.2) is 5.96 Å². The van der Waals surface area contributed by atoms with E-state index in [1.807, 2.05) is 6.92 Å². The van der Waals surface area contributed by atoms with Gasteiger partial charge in [-0.05, 0) is 31.2 Å². The van der Waals surface area contributed by atoms with Crippen LogP contribution < -0.4 is 10.6 Å². The lowest BCUT2D eigenvalue weighted by Gasteiger charge is -2.10. The second-order valence-electron chi connectivity index (χ2n) is 5.93. The number of hydrogen-bond donors (Lipinski definition) is 2. The molecule has 27 heavy (non-hydrogen) atoms. The van der Waals surface area contributed by atoms with Crippen molar-refractivity contribution in [2.24, 2.45) is 4.99 Å². The molecule has 0 bridgehead atoms. The summed E-state index contributed by atoms with van der Waals surface area (Å²) in [7, 11) is 1.74. The summed E-state index contributed by atoms with van der Waals surface area (Å²) in [5, 5.41) is 9.69. The van der Waals surface area contributed by atoms with Gasteiger partial charge in [-0.25, -0.2) is 14.4 Å². The molecule has 0 amide bonds. The maximum atomic E-state index is 13.0. The molecule has 0 aliphatic carbocycles. The Hall–Kier alpha value is -2.74. The Balaban J connectivity index is 1.42. The van der Waals surface area contributed by atoms with E-state index in [9.17, 15) is 4.39 Å². The molecule has 8 heteroatoms. The molecular formula is C19H22FN5OS. The molecule has 0 aliphatic heterocycles. The molecule has 142 valence electrons. The predicted molar refractivity (Wildman–Crippen MR) is 106 cm³/mol. The molecule has 0 fully saturated rings. The fourth-order valence-electron chi connectivity index (χ4n) is 2.51. The molecule has 6 nitrogen and oxygen atoms in total. The van der Waals surface area contributed by atoms with Crippen LogP contribution in [0.5, 0.6) is 0 Å². The molecule has 1 aromatic carbocycles. The van der Waals surface area contributed by atoms with Crippen molar-refractivity contribution in [3.05, 3.63) is 58.1 Å². The Morgan fingerprint density at radius 3 is 2.44 bits per heavy atom. The smallest absolute Gasteiger partial charge is 0.226 e. The summed E-state index contributed by atoms with van der Waals surface area (Å²) in [6.07, 6.45) is 3.17. The van der Waals surface area contributed by atoms with Gasteiger partial charge in [-0.15, -0.1) is 11.3 Å². The number of oxazole rings is 1. The van der Waals surface area contributed by atoms with Crippen LogP contribution >= 0.6 is 11.3 Å². The van der Waals surface area contributed by atoms with Crippen molar-refractivity contribution in [1.82, 2.24) is 20.6 Å². The van der Waals surface area contributed by atoms with Crippen molar-refractivity contribution in [2.45, 2.75) is 19.8 Å². The Bertz CT molecular complexity index is 888. The number of thiazole rings is 1. The van der Waals surface area contributed by atoms with Crippen molar-refractivity contribution < 1.29 is 8.81 Å². The van der Waals surface area contributed by atoms with Crippen LogP contribution in [0.4, 0.5) is 4.39 Å². The number of benzene rings is 1. The van der Waals surface area contributed by atoms with E-state index in [1.54, 1.807) is 36.8 Å². The van der Waals surface area contributed by atoms with Crippen LogP contribution in [0.3, 0.4) is 0 Å². The van der Waals surface area contributed by atoms with Gasteiger partial charge in [-0.2, -0.15) is 0 Å². The predicted octanol–water partition coefficient (Wildman–Crippen LogP) is 3.20. The maximum Gasteiger partial charge on any atom is 0.226 e. The first-order chi connectivity index (χ1) is 13.1. The Morgan fingerprint density at radius 2 is 1.81 bits per heavy atom. The van der Waals surface area contributed by atoms with Crippen molar-refractivity contribution in [1.29, 1.82) is 0 Å². The van der Waals surface area contributed by atoms with Gasteiger partial charge in [0.2, 0.25) is 5.89 Å². The van der Waals surface area contributed by atoms with Gasteiger partial charge in [0.05, 0.1) is 16.4 Å². The standard InChI is InChI=1S/C19H22FN5OS/c1-13-24-17(12-27-13)8-10-23-19(21-2)22-9-7-16-11-26-18(25-16)14-3-5-15(20)6-4-14/h3-6,11-12H,7-10H2,1-2H3,(H2,21,22,23). The normalized spacial score (nSPS) is 11.6. The van der Waals surface area contributed by atoms with Crippen LogP contribution in [0.2, 0.25) is 0 Å². The maximum absolute atomic E-state index is 13.0. The van der Waals surface area contributed by atoms with Crippen LogP contribution in [-0.2, 0) is 12.8 Å². The van der Waals surface area contributed by atoms with E-state index in [4.69, 9.17) is 4.42 Å². The number of rotatable bonds is 7. The van der Waals surface area contributed by atoms with E-state index in [-0.39, 0.29) is 5.82 Å². The highest BCUT2D eigenvalue weighted by Gasteiger charge is 2.07. The summed E-state index contributed by atoms with van der Waals surface area (Å²) < 4.78 is 18.5. The lowest BCUT2D eigenvalue weighted by atomic mass is 10.2. The third-order valence-electron chi connectivity index (χ3n) is 3.88. The number of halogens is 1. The molecule has 2 N–H and O–H groups in total. The average Bonchev–Trinajstić information content (AvgIpc) is 3.30. The van der Waals surface area contributed by atoms with Crippen molar-refractivity contribution in [2.75, 3.05) is 20.1 Å². The van der Waals surface area contributed by atoms with E-state index < -0.39 is 0 Å². The number of hydrogen-bond acceptors (Lipinski definition) is 5. The third kappa shape index (κ3) is 5.62. The zero-order chi connectivity index (χ0) is 19.1. The van der Waals surface area contributed by atoms with Crippen LogP contribution in [0.25, 0.3) is 11.5 Å². The molecule has 0 saturated heterocycles. The molecule has 0 aliphatic rings. The van der Waals surface area contributed by atoms with Gasteiger partial charge in [0.1, 0.15) is 12.1 Å². The Labute approximate surface area is 161 Å². The molecule has 0 radical (unpaired) electrons. The van der Waals surface area contributed by atoms with Gasteiger partial charge in [0.25, 0.3) is 0 Å². The molecule has 0 saturated carbocycles. The second kappa shape index (κ2) is 9.27. The minimum Gasteiger partial charge on any atom is -0.444 e. The summed E-state index contributed by atoms with van der Waals surface area (Å²) in [6, 6.07) is 6.09. The van der Waals surface area contributed by atoms with Crippen molar-refractivity contribution >= 4 is 17.3 Å². The van der Waals surface area contributed by atoms with E-state index in [2.05, 4.69) is 31.0 Å². The zero-order valence-electron chi connectivity index (χ0n) is 15.3. The van der Waals surface area contributed by atoms with Gasteiger partial charge >= 0.3 is 0 Å². The van der Waals surface area contributed by atoms with Crippen LogP contribution in [0.1, 0.15) is 16.4 Å². The lowest BCUT2D eigenvalue weighted by molar-refractivity contribution is 0.571. The number of aromatic nitrogens is 2. The van der Waals surface area contributed by atoms with Gasteiger partial charge in [-0.1, -0.05) is 0 Å². The van der Waals surface area contributed by atoms with Crippen LogP contribution in [0.15, 0.2) is 45.3 Å². The number of aliphatic imine (C=N–C) groups is 1. The molecular weight excluding hydrogens is 365 g/mol. The van der Waals surface area contributed by atoms with E-state index in [0.717, 1.165) is 40.9 Å². The fourth-order valence-corrected chi connectivity index (χ4v) is 3.16. The minimum atomic E-state index is -0.279. The highest BCUT2D eigenvalue weighted by atomic mass is 32.1. The number of aryl methyl sites for hydroxylation is 1. The molecule has 2 aromatic heterocycles. The first-order valence-electron chi connectivity index (χ1n) is 8.70. The lowest BCUT2D eigenvalue weighted by Crippen LogP contribution is -2.39. The third-order valence-corrected chi connectivity index (χ3v) is 4.70. The molecule has 0 atom stereocenters. The van der Waals surface area contributed by atoms with Crippen molar-refractivity contribution in [3.63, 3.8) is 0 Å². The summed E-state index contributed by atoms with van der Waals surface area (Å²) in [6.45, 7) is 3.44. The van der Waals surface area contributed by atoms with Crippen LogP contribution in [-0.4, -0.2) is 36.1 Å². The monoisotopic (exact) mass is 387 g/mol. The van der Waals surface area contributed by atoms with E-state index >= 15 is 0 Å². The first kappa shape index (κ1) is 19.0. The van der Waals surface area contributed by atoms with Gasteiger partial charge in [0, 0.05) is 43.9 Å². The van der Waals surface area contributed by atoms with Crippen LogP contribution in [0, 0.1) is 12.7 Å². The number of nitrogens with one attached hydrogen (secondary N) is 2. The summed E-state index contributed by atoms with van der Waals surface area (Å²) in [5.74, 6) is 0.953. The second-order valence-corrected chi connectivity index (χ2v) is 7.00. The zero-order valence-corrected chi connectivity index (χ0v) is 16.1. The molecule has 2 heterocycles. The summed E-state index contributed by atoms with van der Waals surface area (Å²) in [4.78, 5) is 13.1. The van der Waals surface area contributed by atoms with Gasteiger partial charge < -0.3 is 15.1 Å². The molecule has 0 unspecified atom stereocenters. The quantitative estimate of drug-likeness (QED) is 0.481. The SMILES string of the molecule is CN=C(NCCc1coc(-c2ccc(F)cc2)n1)NCCc1csc(C)n1. The fraction of sp³-hybridized carbons (Fsp3) is 0.316. The largest absolute Gasteiger partial charge is 0.444 e. The average molecular weight is 387 g/mol. The Kier molecular flexibility index (Phi) is 6.54. The van der Waals surface area contributed by atoms with E-state index in [0.29, 0.717) is 18.9 Å². The van der Waals surface area contributed by atoms with Crippen molar-refractivity contribution in [3.8, 4) is 11.5 Å². The summed E-state index contributed by atoms with van der Waals surface area (Å²) >= 11 is 1.66. The highest BCUT2D eigenvalue weighted by Crippen LogP contribution is 2.18. The van der Waals surface area contributed by atoms with Gasteiger partial charge in [-0.3, -0.25) is 4.99 Å². The molecule has 0 spiro atoms. The highest BCUT2D eigenvalue weighted by molar-refractivity contribution is 7.09. The number of nitrogens with zero attached hydrogens (tertiary/aromatic N) is 3. The topological polar surface area (TPSA) is 75.3 Å². The molecule has 3 rings (SSSR count). The van der Waals surface area contributed by atoms with E-state index in [1.165, 1.54) is 12.1 Å². The number of guanidine groups is 1. The Morgan fingerprint density at radius 1 is 1.11 bits per heavy atom. The first-order valence-corrected chi connectivity index (χ1v) is 9.58. The summed E-state index contributed by atoms with van der Waals surface area (Å²) in [5.41, 5.74) is 2.68. The minimum absolute atomic E-state index is 0.279.